The van der Waals surface area contributed by atoms with Gasteiger partial charge in [-0.2, -0.15) is 5.10 Å². The first-order chi connectivity index (χ1) is 12.4. The first-order valence-electron chi connectivity index (χ1n) is 7.59. The number of nitrogens with one attached hydrogen (secondary N) is 2. The maximum absolute atomic E-state index is 10.0. The van der Waals surface area contributed by atoms with Crippen molar-refractivity contribution in [2.24, 2.45) is 5.10 Å². The lowest BCUT2D eigenvalue weighted by atomic mass is 10.1. The molecule has 136 valence electrons. The SMILES string of the molecule is C/C(=N\NC(=S)NCc1ccc2c(c1)OCO2)c1cc(Cl)cc(Cl)c1O. The summed E-state index contributed by atoms with van der Waals surface area (Å²) in [6, 6.07) is 8.69. The summed E-state index contributed by atoms with van der Waals surface area (Å²) in [6.45, 7) is 2.43. The topological polar surface area (TPSA) is 75.1 Å². The number of benzene rings is 2. The first kappa shape index (κ1) is 18.6. The molecule has 2 aromatic carbocycles. The highest BCUT2D eigenvalue weighted by Gasteiger charge is 2.13. The van der Waals surface area contributed by atoms with Crippen molar-refractivity contribution in [2.45, 2.75) is 13.5 Å². The number of phenolic OH excluding ortho intramolecular Hbond substituents is 1. The largest absolute Gasteiger partial charge is 0.506 e. The Morgan fingerprint density at radius 1 is 1.23 bits per heavy atom. The second-order valence-electron chi connectivity index (χ2n) is 5.46. The number of nitrogens with zero attached hydrogens (tertiary/aromatic N) is 1. The molecular formula is C17H15Cl2N3O3S. The van der Waals surface area contributed by atoms with Crippen molar-refractivity contribution in [1.29, 1.82) is 0 Å². The molecule has 0 atom stereocenters. The van der Waals surface area contributed by atoms with Gasteiger partial charge in [0.25, 0.3) is 0 Å². The van der Waals surface area contributed by atoms with Crippen LogP contribution in [0.4, 0.5) is 0 Å². The Hall–Kier alpha value is -2.22. The van der Waals surface area contributed by atoms with Gasteiger partial charge in [0.2, 0.25) is 6.79 Å². The summed E-state index contributed by atoms with van der Waals surface area (Å²) in [5.74, 6) is 1.36. The second-order valence-corrected chi connectivity index (χ2v) is 6.71. The summed E-state index contributed by atoms with van der Waals surface area (Å²) in [4.78, 5) is 0. The molecule has 0 aliphatic carbocycles. The van der Waals surface area contributed by atoms with Crippen molar-refractivity contribution >= 4 is 46.2 Å². The summed E-state index contributed by atoms with van der Waals surface area (Å²) in [5, 5.41) is 18.1. The van der Waals surface area contributed by atoms with Gasteiger partial charge in [-0.1, -0.05) is 29.3 Å². The Labute approximate surface area is 165 Å². The third kappa shape index (κ3) is 4.30. The molecule has 3 rings (SSSR count). The molecule has 0 radical (unpaired) electrons. The average Bonchev–Trinajstić information content (AvgIpc) is 3.08. The normalized spacial score (nSPS) is 12.8. The van der Waals surface area contributed by atoms with E-state index in [1.165, 1.54) is 6.07 Å². The molecule has 1 aliphatic rings. The van der Waals surface area contributed by atoms with E-state index < -0.39 is 0 Å². The molecule has 1 aliphatic heterocycles. The molecule has 2 aromatic rings. The van der Waals surface area contributed by atoms with E-state index in [1.54, 1.807) is 13.0 Å². The van der Waals surface area contributed by atoms with Gasteiger partial charge in [0, 0.05) is 17.1 Å². The lowest BCUT2D eigenvalue weighted by Gasteiger charge is -2.10. The van der Waals surface area contributed by atoms with Crippen LogP contribution in [0.15, 0.2) is 35.4 Å². The van der Waals surface area contributed by atoms with Gasteiger partial charge < -0.3 is 19.9 Å². The molecule has 6 nitrogen and oxygen atoms in total. The fourth-order valence-electron chi connectivity index (χ4n) is 2.31. The molecule has 0 amide bonds. The number of phenols is 1. The van der Waals surface area contributed by atoms with Crippen LogP contribution in [0, 0.1) is 0 Å². The van der Waals surface area contributed by atoms with E-state index in [9.17, 15) is 5.11 Å². The van der Waals surface area contributed by atoms with E-state index in [2.05, 4.69) is 15.8 Å². The van der Waals surface area contributed by atoms with Crippen LogP contribution in [-0.2, 0) is 6.54 Å². The number of hydrazone groups is 1. The predicted octanol–water partition coefficient (Wildman–Crippen LogP) is 3.82. The Balaban J connectivity index is 1.59. The fourth-order valence-corrected chi connectivity index (χ4v) is 2.92. The molecule has 0 spiro atoms. The van der Waals surface area contributed by atoms with E-state index in [1.807, 2.05) is 18.2 Å². The number of fused-ring (bicyclic) bond motifs is 1. The molecule has 0 fully saturated rings. The second kappa shape index (κ2) is 7.99. The molecule has 1 heterocycles. The maximum atomic E-state index is 10.0. The minimum Gasteiger partial charge on any atom is -0.506 e. The van der Waals surface area contributed by atoms with Crippen LogP contribution in [0.3, 0.4) is 0 Å². The number of halogens is 2. The minimum atomic E-state index is -0.0849. The van der Waals surface area contributed by atoms with Gasteiger partial charge in [0.05, 0.1) is 10.7 Å². The smallest absolute Gasteiger partial charge is 0.231 e. The van der Waals surface area contributed by atoms with E-state index >= 15 is 0 Å². The van der Waals surface area contributed by atoms with Crippen LogP contribution < -0.4 is 20.2 Å². The van der Waals surface area contributed by atoms with Crippen molar-refractivity contribution in [1.82, 2.24) is 10.7 Å². The lowest BCUT2D eigenvalue weighted by Crippen LogP contribution is -2.32. The van der Waals surface area contributed by atoms with E-state index in [0.29, 0.717) is 33.7 Å². The quantitative estimate of drug-likeness (QED) is 0.403. The number of aromatic hydroxyl groups is 1. The molecule has 3 N–H and O–H groups in total. The van der Waals surface area contributed by atoms with Crippen molar-refractivity contribution < 1.29 is 14.6 Å². The maximum Gasteiger partial charge on any atom is 0.231 e. The third-order valence-electron chi connectivity index (χ3n) is 3.63. The van der Waals surface area contributed by atoms with Crippen molar-refractivity contribution in [2.75, 3.05) is 6.79 Å². The summed E-state index contributed by atoms with van der Waals surface area (Å²) in [6.07, 6.45) is 0. The van der Waals surface area contributed by atoms with Crippen LogP contribution in [0.25, 0.3) is 0 Å². The number of thiocarbonyl (C=S) groups is 1. The highest BCUT2D eigenvalue weighted by atomic mass is 35.5. The lowest BCUT2D eigenvalue weighted by molar-refractivity contribution is 0.174. The third-order valence-corrected chi connectivity index (χ3v) is 4.38. The number of hydrogen-bond donors (Lipinski definition) is 3. The van der Waals surface area contributed by atoms with Crippen LogP contribution in [0.2, 0.25) is 10.0 Å². The zero-order chi connectivity index (χ0) is 18.7. The zero-order valence-electron chi connectivity index (χ0n) is 13.7. The number of rotatable bonds is 4. The molecule has 0 saturated carbocycles. The molecule has 0 saturated heterocycles. The van der Waals surface area contributed by atoms with Crippen LogP contribution in [0.5, 0.6) is 17.2 Å². The van der Waals surface area contributed by atoms with Crippen molar-refractivity contribution in [3.8, 4) is 17.2 Å². The standard InChI is InChI=1S/C17H15Cl2N3O3S/c1-9(12-5-11(18)6-13(19)16(12)23)21-22-17(26)20-7-10-2-3-14-15(4-10)25-8-24-14/h2-6,23H,7-8H2,1H3,(H2,20,22,26)/b21-9+. The Morgan fingerprint density at radius 3 is 2.81 bits per heavy atom. The van der Waals surface area contributed by atoms with Crippen molar-refractivity contribution in [3.63, 3.8) is 0 Å². The number of ether oxygens (including phenoxy) is 2. The molecule has 26 heavy (non-hydrogen) atoms. The Bertz CT molecular complexity index is 890. The molecule has 0 bridgehead atoms. The molecule has 0 unspecified atom stereocenters. The summed E-state index contributed by atoms with van der Waals surface area (Å²) < 4.78 is 10.6. The molecule has 9 heteroatoms. The fraction of sp³-hybridized carbons (Fsp3) is 0.176. The number of hydrogen-bond acceptors (Lipinski definition) is 5. The van der Waals surface area contributed by atoms with E-state index in [0.717, 1.165) is 11.3 Å². The van der Waals surface area contributed by atoms with Crippen molar-refractivity contribution in [3.05, 3.63) is 51.5 Å². The van der Waals surface area contributed by atoms with Crippen LogP contribution >= 0.6 is 35.4 Å². The van der Waals surface area contributed by atoms with Gasteiger partial charge >= 0.3 is 0 Å². The summed E-state index contributed by atoms with van der Waals surface area (Å²) in [5.41, 5.74) is 4.62. The van der Waals surface area contributed by atoms with Crippen LogP contribution in [0.1, 0.15) is 18.1 Å². The van der Waals surface area contributed by atoms with E-state index in [-0.39, 0.29) is 17.6 Å². The first-order valence-corrected chi connectivity index (χ1v) is 8.75. The van der Waals surface area contributed by atoms with Gasteiger partial charge in [-0.3, -0.25) is 5.43 Å². The predicted molar refractivity (Wildman–Crippen MR) is 105 cm³/mol. The van der Waals surface area contributed by atoms with Gasteiger partial charge in [0.1, 0.15) is 5.75 Å². The van der Waals surface area contributed by atoms with Gasteiger partial charge in [0.15, 0.2) is 16.6 Å². The summed E-state index contributed by atoms with van der Waals surface area (Å²) in [7, 11) is 0. The molecule has 0 aromatic heterocycles. The van der Waals surface area contributed by atoms with Gasteiger partial charge in [-0.15, -0.1) is 0 Å². The summed E-state index contributed by atoms with van der Waals surface area (Å²) >= 11 is 17.1. The Morgan fingerprint density at radius 2 is 2.00 bits per heavy atom. The highest BCUT2D eigenvalue weighted by molar-refractivity contribution is 7.80. The molecular weight excluding hydrogens is 397 g/mol. The van der Waals surface area contributed by atoms with Crippen LogP contribution in [-0.4, -0.2) is 22.7 Å². The Kier molecular flexibility index (Phi) is 5.70. The monoisotopic (exact) mass is 411 g/mol. The van der Waals surface area contributed by atoms with Gasteiger partial charge in [-0.25, -0.2) is 0 Å². The van der Waals surface area contributed by atoms with Gasteiger partial charge in [-0.05, 0) is 49.0 Å². The average molecular weight is 412 g/mol. The highest BCUT2D eigenvalue weighted by Crippen LogP contribution is 2.32. The zero-order valence-corrected chi connectivity index (χ0v) is 16.0. The van der Waals surface area contributed by atoms with E-state index in [4.69, 9.17) is 44.9 Å². The minimum absolute atomic E-state index is 0.0849.